The lowest BCUT2D eigenvalue weighted by molar-refractivity contribution is 0.645. The van der Waals surface area contributed by atoms with Gasteiger partial charge in [-0.3, -0.25) is 0 Å². The largest absolute Gasteiger partial charge is 0.310 e. The van der Waals surface area contributed by atoms with Crippen LogP contribution in [0.25, 0.3) is 44.2 Å². The van der Waals surface area contributed by atoms with Crippen molar-refractivity contribution in [1.82, 2.24) is 0 Å². The Hall–Kier alpha value is -5.40. The minimum absolute atomic E-state index is 0.147. The van der Waals surface area contributed by atoms with Gasteiger partial charge in [0.1, 0.15) is 0 Å². The van der Waals surface area contributed by atoms with Crippen LogP contribution >= 0.6 is 0 Å². The zero-order chi connectivity index (χ0) is 58.2. The van der Waals surface area contributed by atoms with E-state index in [1.54, 1.807) is 0 Å². The van der Waals surface area contributed by atoms with Crippen LogP contribution in [-0.2, 0) is 5.41 Å². The van der Waals surface area contributed by atoms with Gasteiger partial charge in [0.05, 0.1) is 37.0 Å². The summed E-state index contributed by atoms with van der Waals surface area (Å²) in [4.78, 5) is 0.147. The average molecular weight is 597 g/mol. The highest BCUT2D eigenvalue weighted by Gasteiger charge is 2.35. The summed E-state index contributed by atoms with van der Waals surface area (Å²) in [5.41, 5.74) is -16.8. The topological polar surface area (TPSA) is 3.24 Å². The van der Waals surface area contributed by atoms with E-state index in [0.29, 0.717) is 0 Å². The number of anilines is 3. The molecule has 7 aromatic rings. The fourth-order valence-electron chi connectivity index (χ4n) is 4.87. The maximum absolute atomic E-state index is 10.2. The summed E-state index contributed by atoms with van der Waals surface area (Å²) in [6.45, 7) is -8.41. The summed E-state index contributed by atoms with van der Waals surface area (Å²) in [5, 5.41) is -1.89. The molecule has 0 aromatic heterocycles. The Kier molecular flexibility index (Phi) is 2.09. The number of rotatable bonds is 5. The molecule has 0 bridgehead atoms. The smallest absolute Gasteiger partial charge is 0.0648 e. The molecule has 0 saturated carbocycles. The van der Waals surface area contributed by atoms with Crippen molar-refractivity contribution >= 4 is 27.8 Å². The molecule has 1 aliphatic rings. The van der Waals surface area contributed by atoms with Gasteiger partial charge in [0.2, 0.25) is 0 Å². The average Bonchev–Trinajstić information content (AvgIpc) is 3.35. The predicted molar refractivity (Wildman–Crippen MR) is 187 cm³/mol. The number of nitrogens with zero attached hydrogens (tertiary/aromatic N) is 1. The zero-order valence-corrected chi connectivity index (χ0v) is 21.9. The van der Waals surface area contributed by atoms with Gasteiger partial charge in [0.15, 0.2) is 0 Å². The summed E-state index contributed by atoms with van der Waals surface area (Å²) < 4.78 is 297. The lowest BCUT2D eigenvalue weighted by Crippen LogP contribution is -2.24. The van der Waals surface area contributed by atoms with Crippen LogP contribution in [0, 0.1) is 0 Å². The standard InChI is InChI=1S/C43H33N/c1-43(2)39-20-12-17-33-23-27-37(32-15-8-4-9-16-32)42(41(33)39)38-28-26-36(29-40(38)43)44(34-18-10-5-11-19-34)35-24-21-31(22-25-35)30-13-6-3-7-14-30/h3-29H,1-2H3/i1D3,2D3,3D,4D,5D,6D,7D,8D,9D,10D,11D,12D,13D,14D,15D,16D,17D,18D,19D,20D,21D,22D,23D,24D,25D,26D,27D,28D,29D. The third-order valence-corrected chi connectivity index (χ3v) is 6.76. The molecule has 8 rings (SSSR count). The van der Waals surface area contributed by atoms with Gasteiger partial charge in [0, 0.05) is 30.7 Å². The molecule has 7 aromatic carbocycles. The Labute approximate surface area is 306 Å². The highest BCUT2D eigenvalue weighted by molar-refractivity contribution is 6.09. The molecule has 0 fully saturated rings. The quantitative estimate of drug-likeness (QED) is 0.191. The lowest BCUT2D eigenvalue weighted by Gasteiger charge is -2.37. The van der Waals surface area contributed by atoms with E-state index in [0.717, 1.165) is 0 Å². The van der Waals surface area contributed by atoms with Gasteiger partial charge in [0.25, 0.3) is 0 Å². The molecule has 0 radical (unpaired) electrons. The second-order valence-corrected chi connectivity index (χ2v) is 9.26. The van der Waals surface area contributed by atoms with E-state index in [2.05, 4.69) is 0 Å². The van der Waals surface area contributed by atoms with Crippen molar-refractivity contribution in [3.63, 3.8) is 0 Å². The monoisotopic (exact) mass is 596 g/mol. The van der Waals surface area contributed by atoms with E-state index < -0.39 is 255 Å². The molecule has 0 unspecified atom stereocenters. The van der Waals surface area contributed by atoms with Crippen molar-refractivity contribution in [3.8, 4) is 33.4 Å². The van der Waals surface area contributed by atoms with Crippen LogP contribution < -0.4 is 4.90 Å². The predicted octanol–water partition coefficient (Wildman–Crippen LogP) is 11.9. The molecular formula is C43H33N. The molecule has 0 atom stereocenters. The van der Waals surface area contributed by atoms with Crippen LogP contribution in [0.2, 0.25) is 0 Å². The summed E-state index contributed by atoms with van der Waals surface area (Å²) in [5.74, 6) is 0. The highest BCUT2D eigenvalue weighted by atomic mass is 15.1. The van der Waals surface area contributed by atoms with E-state index in [1.807, 2.05) is 0 Å². The first-order valence-corrected chi connectivity index (χ1v) is 12.7. The van der Waals surface area contributed by atoms with Gasteiger partial charge in [-0.05, 0) is 91.5 Å². The molecule has 1 nitrogen and oxygen atoms in total. The van der Waals surface area contributed by atoms with Crippen molar-refractivity contribution in [3.05, 3.63) is 174 Å². The van der Waals surface area contributed by atoms with Gasteiger partial charge in [-0.25, -0.2) is 0 Å². The van der Waals surface area contributed by atoms with Crippen molar-refractivity contribution < 1.29 is 45.2 Å². The molecule has 210 valence electrons. The van der Waals surface area contributed by atoms with Gasteiger partial charge >= 0.3 is 0 Å². The molecule has 0 N–H and O–H groups in total. The molecule has 1 aliphatic carbocycles. The molecule has 44 heavy (non-hydrogen) atoms. The Bertz CT molecular complexity index is 3740. The molecule has 1 heteroatoms. The highest BCUT2D eigenvalue weighted by Crippen LogP contribution is 2.53. The van der Waals surface area contributed by atoms with Gasteiger partial charge in [-0.1, -0.05) is 141 Å². The van der Waals surface area contributed by atoms with Crippen molar-refractivity contribution in [2.75, 3.05) is 4.90 Å². The zero-order valence-electron chi connectivity index (χ0n) is 54.9. The lowest BCUT2D eigenvalue weighted by atomic mass is 9.67. The van der Waals surface area contributed by atoms with Gasteiger partial charge in [-0.15, -0.1) is 0 Å². The van der Waals surface area contributed by atoms with Crippen LogP contribution in [0.1, 0.15) is 70.1 Å². The first kappa shape index (κ1) is 8.83. The minimum atomic E-state index is -4.21. The van der Waals surface area contributed by atoms with E-state index in [9.17, 15) is 21.9 Å². The van der Waals surface area contributed by atoms with Crippen LogP contribution in [0.3, 0.4) is 0 Å². The number of hydrogen-bond acceptors (Lipinski definition) is 1. The minimum Gasteiger partial charge on any atom is -0.310 e. The van der Waals surface area contributed by atoms with Crippen LogP contribution in [0.15, 0.2) is 163 Å². The third-order valence-electron chi connectivity index (χ3n) is 6.76. The number of benzene rings is 7. The SMILES string of the molecule is [2H]c1c([2H])c([2H])c(-c2c([2H])c([2H])c(N(c3c([2H])c([2H])c([2H])c([2H])c3[2H])c3c([2H])c([2H])c4c(c3[2H])C(C([2H])([2H])[2H])(C([2H])([2H])[2H])c3c([2H])c([2H])c([2H])c5c([2H])c([2H])c(-c6c([2H])c([2H])c([2H])c([2H])c6[2H])c-4c35)c([2H])c2[2H])c([2H])c1[2H]. The first-order valence-electron chi connectivity index (χ1n) is 29.2. The van der Waals surface area contributed by atoms with Gasteiger partial charge in [-0.2, -0.15) is 0 Å². The van der Waals surface area contributed by atoms with E-state index in [4.69, 9.17) is 23.3 Å². The second-order valence-electron chi connectivity index (χ2n) is 9.26. The number of hydrogen-bond donors (Lipinski definition) is 0. The summed E-state index contributed by atoms with van der Waals surface area (Å²) in [6.07, 6.45) is 0. The molecule has 0 aliphatic heterocycles. The summed E-state index contributed by atoms with van der Waals surface area (Å²) in [7, 11) is 0. The number of para-hydroxylation sites is 1. The van der Waals surface area contributed by atoms with Gasteiger partial charge < -0.3 is 4.90 Å². The number of fused-ring (bicyclic) bond motifs is 2. The van der Waals surface area contributed by atoms with E-state index in [1.165, 1.54) is 0 Å². The fraction of sp³-hybridized carbons (Fsp3) is 0.0698. The molecule has 0 heterocycles. The van der Waals surface area contributed by atoms with Crippen LogP contribution in [-0.4, -0.2) is 0 Å². The van der Waals surface area contributed by atoms with Crippen molar-refractivity contribution in [2.45, 2.75) is 19.1 Å². The van der Waals surface area contributed by atoms with Crippen LogP contribution in [0.4, 0.5) is 17.1 Å². The maximum atomic E-state index is 10.2. The van der Waals surface area contributed by atoms with Crippen molar-refractivity contribution in [1.29, 1.82) is 0 Å². The summed E-state index contributed by atoms with van der Waals surface area (Å²) >= 11 is 0. The third kappa shape index (κ3) is 4.24. The molecular weight excluding hydrogens is 530 g/mol. The van der Waals surface area contributed by atoms with Crippen molar-refractivity contribution in [2.24, 2.45) is 0 Å². The normalized spacial score (nSPS) is 24.1. The summed E-state index contributed by atoms with van der Waals surface area (Å²) in [6, 6.07) is -32.3. The fourth-order valence-corrected chi connectivity index (χ4v) is 4.87. The Balaban J connectivity index is 1.74. The second kappa shape index (κ2) is 10.4. The molecule has 0 amide bonds. The molecule has 0 saturated heterocycles. The first-order chi connectivity index (χ1) is 35.3. The van der Waals surface area contributed by atoms with Crippen LogP contribution in [0.5, 0.6) is 0 Å². The van der Waals surface area contributed by atoms with E-state index in [-0.39, 0.29) is 4.90 Å². The Morgan fingerprint density at radius 1 is 0.477 bits per heavy atom. The Morgan fingerprint density at radius 2 is 1.07 bits per heavy atom. The molecule has 0 spiro atoms. The maximum Gasteiger partial charge on any atom is 0.0648 e. The Morgan fingerprint density at radius 3 is 1.77 bits per heavy atom. The van der Waals surface area contributed by atoms with E-state index >= 15 is 0 Å².